The van der Waals surface area contributed by atoms with Crippen LogP contribution in [0.1, 0.15) is 13.8 Å². The summed E-state index contributed by atoms with van der Waals surface area (Å²) in [5, 5.41) is 1.06. The fraction of sp³-hybridized carbons (Fsp3) is 0.750. The van der Waals surface area contributed by atoms with Gasteiger partial charge in [0.1, 0.15) is 0 Å². The molecule has 1 radical (unpaired) electrons. The van der Waals surface area contributed by atoms with Gasteiger partial charge in [0, 0.05) is 30.8 Å². The quantitative estimate of drug-likeness (QED) is 0.585. The van der Waals surface area contributed by atoms with Gasteiger partial charge in [0.25, 0.3) is 0 Å². The van der Waals surface area contributed by atoms with Crippen molar-refractivity contribution in [3.8, 4) is 0 Å². The van der Waals surface area contributed by atoms with Gasteiger partial charge in [0.15, 0.2) is 0 Å². The molecular weight excluding hydrogens is 182 g/mol. The van der Waals surface area contributed by atoms with E-state index in [1.165, 1.54) is 0 Å². The van der Waals surface area contributed by atoms with Crippen LogP contribution >= 0.6 is 0 Å². The molecule has 0 N–H and O–H groups in total. The third-order valence-corrected chi connectivity index (χ3v) is 1.47. The summed E-state index contributed by atoms with van der Waals surface area (Å²) in [6, 6.07) is 0. The Balaban J connectivity index is 0. The van der Waals surface area contributed by atoms with E-state index >= 15 is 0 Å². The summed E-state index contributed by atoms with van der Waals surface area (Å²) >= 11 is 0.125. The van der Waals surface area contributed by atoms with Crippen molar-refractivity contribution in [3.05, 3.63) is 0 Å². The second kappa shape index (κ2) is 7.09. The zero-order chi connectivity index (χ0) is 4.99. The van der Waals surface area contributed by atoms with E-state index in [9.17, 15) is 4.79 Å². The molecule has 0 rings (SSSR count). The van der Waals surface area contributed by atoms with Crippen molar-refractivity contribution in [3.63, 3.8) is 0 Å². The first-order valence-electron chi connectivity index (χ1n) is 2.11. The van der Waals surface area contributed by atoms with Gasteiger partial charge in [0.05, 0.1) is 0 Å². The predicted molar refractivity (Wildman–Crippen MR) is 26.9 cm³/mol. The van der Waals surface area contributed by atoms with Gasteiger partial charge in [-0.1, -0.05) is 12.2 Å². The van der Waals surface area contributed by atoms with Gasteiger partial charge in [-0.25, -0.2) is 0 Å². The molecule has 7 heavy (non-hydrogen) atoms. The molecule has 37 valence electrons. The second-order valence-electron chi connectivity index (χ2n) is 1.22. The van der Waals surface area contributed by atoms with Crippen molar-refractivity contribution in [2.45, 2.75) is 19.1 Å². The third kappa shape index (κ3) is 11.0. The van der Waals surface area contributed by atoms with E-state index in [1.54, 1.807) is 6.92 Å². The molecule has 0 saturated carbocycles. The summed E-state index contributed by atoms with van der Waals surface area (Å²) in [6.07, 6.45) is 0. The Kier molecular flexibility index (Phi) is 11.1. The van der Waals surface area contributed by atoms with Crippen LogP contribution in [0.4, 0.5) is 0 Å². The first-order chi connectivity index (χ1) is 2.77. The van der Waals surface area contributed by atoms with Crippen LogP contribution in [0.2, 0.25) is 5.28 Å². The average Bonchev–Trinajstić information content (AvgIpc) is 1.35. The normalized spacial score (nSPS) is 6.57. The molecule has 0 spiro atoms. The molecule has 0 unspecified atom stereocenters. The topological polar surface area (TPSA) is 17.1 Å². The maximum Gasteiger partial charge on any atom is 0.312 e. The number of carbonyl (C=O) groups excluding carboxylic acids is 1. The third-order valence-electron chi connectivity index (χ3n) is 0.492. The van der Waals surface area contributed by atoms with E-state index in [4.69, 9.17) is 0 Å². The molecule has 0 heterocycles. The van der Waals surface area contributed by atoms with E-state index in [0.717, 1.165) is 5.28 Å². The fourth-order valence-corrected chi connectivity index (χ4v) is 0.862. The first-order valence-corrected chi connectivity index (χ1v) is 3.50. The van der Waals surface area contributed by atoms with Gasteiger partial charge < -0.3 is 4.79 Å². The molecule has 0 aliphatic heterocycles. The molecule has 0 aromatic heterocycles. The van der Waals surface area contributed by atoms with Crippen molar-refractivity contribution < 1.29 is 31.0 Å². The largest absolute Gasteiger partial charge is 0.322 e. The molecule has 0 aliphatic rings. The molecule has 0 saturated heterocycles. The van der Waals surface area contributed by atoms with Crippen LogP contribution in [0.25, 0.3) is 0 Å². The van der Waals surface area contributed by atoms with Crippen LogP contribution in [0, 0.1) is 0 Å². The van der Waals surface area contributed by atoms with Gasteiger partial charge in [-0.3, -0.25) is 0 Å². The monoisotopic (exact) mass is 189 g/mol. The standard InChI is InChI=1S/C2H3O.C2H5.Al.Zr/c1-2-3;1-2;;/h1H3;1H2,2H3;;. The summed E-state index contributed by atoms with van der Waals surface area (Å²) in [6.45, 7) is 3.69. The van der Waals surface area contributed by atoms with Crippen molar-refractivity contribution in [1.29, 1.82) is 0 Å². The maximum absolute atomic E-state index is 10.1. The summed E-state index contributed by atoms with van der Waals surface area (Å²) in [7, 11) is 0. The summed E-state index contributed by atoms with van der Waals surface area (Å²) in [5.74, 6) is 0. The van der Waals surface area contributed by atoms with Gasteiger partial charge in [0.2, 0.25) is 0 Å². The number of rotatable bonds is 2. The van der Waals surface area contributed by atoms with Crippen molar-refractivity contribution in [2.75, 3.05) is 0 Å². The predicted octanol–water partition coefficient (Wildman–Crippen LogP) is 0.673. The minimum absolute atomic E-state index is 0. The molecule has 3 heteroatoms. The van der Waals surface area contributed by atoms with Gasteiger partial charge in [-0.15, -0.1) is 0 Å². The minimum Gasteiger partial charge on any atom is -0.322 e. The Morgan fingerprint density at radius 2 is 2.14 bits per heavy atom. The Morgan fingerprint density at radius 1 is 1.71 bits per heavy atom. The van der Waals surface area contributed by atoms with Gasteiger partial charge >= 0.3 is 15.2 Å². The van der Waals surface area contributed by atoms with Crippen LogP contribution in [0.5, 0.6) is 0 Å². The molecule has 0 bridgehead atoms. The molecule has 1 nitrogen and oxygen atoms in total. The molecule has 0 aliphatic carbocycles. The smallest absolute Gasteiger partial charge is 0.312 e. The molecule has 0 fully saturated rings. The van der Waals surface area contributed by atoms with E-state index in [2.05, 4.69) is 0 Å². The van der Waals surface area contributed by atoms with Gasteiger partial charge in [-0.2, -0.15) is 0 Å². The first kappa shape index (κ1) is 11.0. The van der Waals surface area contributed by atoms with Crippen molar-refractivity contribution >= 4 is 19.9 Å². The van der Waals surface area contributed by atoms with E-state index < -0.39 is 0 Å². The van der Waals surface area contributed by atoms with Crippen LogP contribution in [-0.2, 0) is 31.0 Å². The molecule has 0 aromatic rings. The molecular formula is C4H8AlOZr. The Bertz CT molecular complexity index is 55.7. The SMILES string of the molecule is C[CH2][Al][C](C)=O.[Zr]. The van der Waals surface area contributed by atoms with Crippen molar-refractivity contribution in [1.82, 2.24) is 0 Å². The van der Waals surface area contributed by atoms with E-state index in [0.29, 0.717) is 4.65 Å². The van der Waals surface area contributed by atoms with Crippen LogP contribution in [-0.4, -0.2) is 19.9 Å². The maximum atomic E-state index is 10.1. The zero-order valence-electron chi connectivity index (χ0n) is 4.69. The number of hydrogen-bond donors (Lipinski definition) is 0. The van der Waals surface area contributed by atoms with Crippen LogP contribution in [0.15, 0.2) is 0 Å². The summed E-state index contributed by atoms with van der Waals surface area (Å²) in [5.41, 5.74) is 0. The van der Waals surface area contributed by atoms with E-state index in [1.807, 2.05) is 6.92 Å². The average molecular weight is 190 g/mol. The van der Waals surface area contributed by atoms with Crippen LogP contribution < -0.4 is 0 Å². The second-order valence-corrected chi connectivity index (χ2v) is 3.26. The Morgan fingerprint density at radius 3 is 2.14 bits per heavy atom. The van der Waals surface area contributed by atoms with E-state index in [-0.39, 0.29) is 41.4 Å². The van der Waals surface area contributed by atoms with Crippen LogP contribution in [0.3, 0.4) is 0 Å². The molecule has 0 aromatic carbocycles. The Hall–Kier alpha value is 1.09. The van der Waals surface area contributed by atoms with Gasteiger partial charge in [-0.05, 0) is 6.92 Å². The van der Waals surface area contributed by atoms with Crippen molar-refractivity contribution in [2.24, 2.45) is 0 Å². The zero-order valence-corrected chi connectivity index (χ0v) is 8.31. The summed E-state index contributed by atoms with van der Waals surface area (Å²) < 4.78 is 0.373. The number of carbonyl (C=O) groups is 1. The fourth-order valence-electron chi connectivity index (χ4n) is 0.287. The molecule has 0 amide bonds. The minimum atomic E-state index is 0. The molecule has 0 atom stereocenters. The summed E-state index contributed by atoms with van der Waals surface area (Å²) in [4.78, 5) is 10.1. The number of hydrogen-bond acceptors (Lipinski definition) is 1. The Labute approximate surface area is 69.7 Å².